The summed E-state index contributed by atoms with van der Waals surface area (Å²) in [6.45, 7) is 10.9. The maximum absolute atomic E-state index is 12.9. The minimum Gasteiger partial charge on any atom is -0.492 e. The summed E-state index contributed by atoms with van der Waals surface area (Å²) in [4.78, 5) is 12.9. The van der Waals surface area contributed by atoms with Crippen LogP contribution in [-0.4, -0.2) is 62.7 Å². The fraction of sp³-hybridized carbons (Fsp3) is 0.759. The molecule has 1 aliphatic heterocycles. The van der Waals surface area contributed by atoms with Crippen molar-refractivity contribution < 1.29 is 24.1 Å². The summed E-state index contributed by atoms with van der Waals surface area (Å²) in [5.74, 6) is 1.08. The molecule has 2 rings (SSSR count). The van der Waals surface area contributed by atoms with Gasteiger partial charge in [-0.15, -0.1) is 0 Å². The van der Waals surface area contributed by atoms with E-state index in [1.165, 1.54) is 0 Å². The van der Waals surface area contributed by atoms with E-state index in [0.29, 0.717) is 49.3 Å². The SMILES string of the molecule is COCCCOc1cc(C[C@@H](C[C@H](N)[C@@H](O)C[C@H](C(=O)NC[C@@H]2CCCO2)C(C)C)C(C)C)ccc1Cl. The summed E-state index contributed by atoms with van der Waals surface area (Å²) in [6, 6.07) is 5.47. The van der Waals surface area contributed by atoms with Crippen LogP contribution in [0, 0.1) is 23.7 Å². The first kappa shape index (κ1) is 31.8. The van der Waals surface area contributed by atoms with Crippen LogP contribution in [-0.2, 0) is 20.7 Å². The Morgan fingerprint density at radius 1 is 1.22 bits per heavy atom. The van der Waals surface area contributed by atoms with Gasteiger partial charge in [-0.05, 0) is 67.6 Å². The number of rotatable bonds is 17. The van der Waals surface area contributed by atoms with Crippen molar-refractivity contribution in [3.05, 3.63) is 28.8 Å². The van der Waals surface area contributed by atoms with Crippen molar-refractivity contribution >= 4 is 17.5 Å². The number of amides is 1. The van der Waals surface area contributed by atoms with Crippen molar-refractivity contribution in [2.45, 2.75) is 84.5 Å². The Kier molecular flexibility index (Phi) is 14.2. The van der Waals surface area contributed by atoms with Crippen LogP contribution < -0.4 is 15.8 Å². The second-order valence-corrected chi connectivity index (χ2v) is 11.5. The predicted molar refractivity (Wildman–Crippen MR) is 149 cm³/mol. The van der Waals surface area contributed by atoms with E-state index in [1.807, 2.05) is 32.0 Å². The number of ether oxygens (including phenoxy) is 3. The molecule has 0 bridgehead atoms. The molecular formula is C29H49ClN2O5. The molecule has 4 N–H and O–H groups in total. The number of hydrogen-bond donors (Lipinski definition) is 3. The molecule has 5 atom stereocenters. The number of aliphatic hydroxyl groups is 1. The normalized spacial score (nSPS) is 19.1. The first-order valence-corrected chi connectivity index (χ1v) is 14.2. The molecule has 1 aromatic rings. The summed E-state index contributed by atoms with van der Waals surface area (Å²) < 4.78 is 16.6. The second kappa shape index (κ2) is 16.6. The van der Waals surface area contributed by atoms with E-state index in [2.05, 4.69) is 19.2 Å². The Hall–Kier alpha value is -1.38. The molecule has 1 fully saturated rings. The minimum atomic E-state index is -0.757. The lowest BCUT2D eigenvalue weighted by Gasteiger charge is -2.30. The highest BCUT2D eigenvalue weighted by Crippen LogP contribution is 2.30. The summed E-state index contributed by atoms with van der Waals surface area (Å²) >= 11 is 6.34. The number of aliphatic hydroxyl groups excluding tert-OH is 1. The summed E-state index contributed by atoms with van der Waals surface area (Å²) in [6.07, 6.45) is 3.96. The quantitative estimate of drug-likeness (QED) is 0.249. The van der Waals surface area contributed by atoms with Gasteiger partial charge in [-0.25, -0.2) is 0 Å². The van der Waals surface area contributed by atoms with Crippen molar-refractivity contribution in [2.75, 3.05) is 33.5 Å². The summed E-state index contributed by atoms with van der Waals surface area (Å²) in [5, 5.41) is 14.6. The van der Waals surface area contributed by atoms with Gasteiger partial charge in [0.25, 0.3) is 0 Å². The Balaban J connectivity index is 1.94. The molecule has 0 saturated carbocycles. The highest BCUT2D eigenvalue weighted by molar-refractivity contribution is 6.32. The minimum absolute atomic E-state index is 0.0312. The molecule has 0 radical (unpaired) electrons. The number of nitrogens with one attached hydrogen (secondary N) is 1. The van der Waals surface area contributed by atoms with E-state index in [4.69, 9.17) is 31.5 Å². The molecule has 37 heavy (non-hydrogen) atoms. The summed E-state index contributed by atoms with van der Waals surface area (Å²) in [7, 11) is 1.67. The fourth-order valence-corrected chi connectivity index (χ4v) is 5.01. The Labute approximate surface area is 228 Å². The first-order valence-electron chi connectivity index (χ1n) is 13.8. The highest BCUT2D eigenvalue weighted by Gasteiger charge is 2.30. The number of methoxy groups -OCH3 is 1. The van der Waals surface area contributed by atoms with Crippen molar-refractivity contribution in [2.24, 2.45) is 29.4 Å². The number of nitrogens with two attached hydrogens (primary N) is 1. The van der Waals surface area contributed by atoms with E-state index in [0.717, 1.165) is 37.9 Å². The van der Waals surface area contributed by atoms with E-state index < -0.39 is 12.1 Å². The van der Waals surface area contributed by atoms with E-state index in [1.54, 1.807) is 7.11 Å². The number of benzene rings is 1. The van der Waals surface area contributed by atoms with Crippen LogP contribution in [0.4, 0.5) is 0 Å². The third-order valence-electron chi connectivity index (χ3n) is 7.42. The maximum Gasteiger partial charge on any atom is 0.223 e. The van der Waals surface area contributed by atoms with Crippen LogP contribution in [0.1, 0.15) is 65.4 Å². The molecule has 7 nitrogen and oxygen atoms in total. The van der Waals surface area contributed by atoms with E-state index in [9.17, 15) is 9.90 Å². The molecule has 1 heterocycles. The average molecular weight is 541 g/mol. The van der Waals surface area contributed by atoms with Gasteiger partial charge in [-0.2, -0.15) is 0 Å². The molecule has 1 amide bonds. The molecule has 0 unspecified atom stereocenters. The Morgan fingerprint density at radius 3 is 2.59 bits per heavy atom. The molecule has 212 valence electrons. The largest absolute Gasteiger partial charge is 0.492 e. The Morgan fingerprint density at radius 2 is 1.97 bits per heavy atom. The summed E-state index contributed by atoms with van der Waals surface area (Å²) in [5.41, 5.74) is 7.65. The van der Waals surface area contributed by atoms with Crippen LogP contribution >= 0.6 is 11.6 Å². The lowest BCUT2D eigenvalue weighted by atomic mass is 9.81. The molecule has 8 heteroatoms. The number of carbonyl (C=O) groups is 1. The lowest BCUT2D eigenvalue weighted by Crippen LogP contribution is -2.43. The van der Waals surface area contributed by atoms with Gasteiger partial charge in [-0.1, -0.05) is 45.4 Å². The monoisotopic (exact) mass is 540 g/mol. The standard InChI is InChI=1S/C29H49ClN2O5/c1-19(2)22(14-21-9-10-25(30)28(15-21)37-13-7-11-35-5)16-26(31)27(33)17-24(20(3)4)29(34)32-18-23-8-6-12-36-23/h9-10,15,19-20,22-24,26-27,33H,6-8,11-14,16-18,31H2,1-5H3,(H,32,34)/t22-,23-,24-,26-,27-/m0/s1. The maximum atomic E-state index is 12.9. The second-order valence-electron chi connectivity index (χ2n) is 11.1. The number of carbonyl (C=O) groups excluding carboxylic acids is 1. The van der Waals surface area contributed by atoms with Crippen molar-refractivity contribution in [3.8, 4) is 5.75 Å². The molecule has 0 aromatic heterocycles. The predicted octanol–water partition coefficient (Wildman–Crippen LogP) is 4.61. The fourth-order valence-electron chi connectivity index (χ4n) is 4.84. The van der Waals surface area contributed by atoms with Crippen LogP contribution in [0.5, 0.6) is 5.75 Å². The van der Waals surface area contributed by atoms with Gasteiger partial charge >= 0.3 is 0 Å². The van der Waals surface area contributed by atoms with Crippen molar-refractivity contribution in [1.82, 2.24) is 5.32 Å². The number of halogens is 1. The molecule has 1 saturated heterocycles. The van der Waals surface area contributed by atoms with E-state index >= 15 is 0 Å². The smallest absolute Gasteiger partial charge is 0.223 e. The van der Waals surface area contributed by atoms with Gasteiger partial charge in [0.2, 0.25) is 5.91 Å². The van der Waals surface area contributed by atoms with Gasteiger partial charge in [0.1, 0.15) is 5.75 Å². The highest BCUT2D eigenvalue weighted by atomic mass is 35.5. The van der Waals surface area contributed by atoms with Gasteiger partial charge in [-0.3, -0.25) is 4.79 Å². The van der Waals surface area contributed by atoms with Crippen LogP contribution in [0.3, 0.4) is 0 Å². The van der Waals surface area contributed by atoms with Gasteiger partial charge in [0, 0.05) is 45.2 Å². The zero-order valence-electron chi connectivity index (χ0n) is 23.4. The molecular weight excluding hydrogens is 492 g/mol. The van der Waals surface area contributed by atoms with Crippen molar-refractivity contribution in [3.63, 3.8) is 0 Å². The first-order chi connectivity index (χ1) is 17.6. The number of hydrogen-bond acceptors (Lipinski definition) is 6. The zero-order chi connectivity index (χ0) is 27.4. The molecule has 0 aliphatic carbocycles. The topological polar surface area (TPSA) is 103 Å². The van der Waals surface area contributed by atoms with Crippen LogP contribution in [0.15, 0.2) is 18.2 Å². The molecule has 0 spiro atoms. The average Bonchev–Trinajstić information content (AvgIpc) is 3.38. The van der Waals surface area contributed by atoms with Crippen LogP contribution in [0.25, 0.3) is 0 Å². The molecule has 1 aromatic carbocycles. The van der Waals surface area contributed by atoms with Crippen molar-refractivity contribution in [1.29, 1.82) is 0 Å². The van der Waals surface area contributed by atoms with Gasteiger partial charge < -0.3 is 30.4 Å². The molecule has 1 aliphatic rings. The van der Waals surface area contributed by atoms with Gasteiger partial charge in [0.15, 0.2) is 0 Å². The zero-order valence-corrected chi connectivity index (χ0v) is 24.1. The van der Waals surface area contributed by atoms with Gasteiger partial charge in [0.05, 0.1) is 23.8 Å². The Bertz CT molecular complexity index is 801. The third kappa shape index (κ3) is 11.1. The van der Waals surface area contributed by atoms with Crippen LogP contribution in [0.2, 0.25) is 5.02 Å². The third-order valence-corrected chi connectivity index (χ3v) is 7.73. The van der Waals surface area contributed by atoms with E-state index in [-0.39, 0.29) is 29.8 Å². The lowest BCUT2D eigenvalue weighted by molar-refractivity contribution is -0.128.